The van der Waals surface area contributed by atoms with Gasteiger partial charge in [0.15, 0.2) is 0 Å². The topological polar surface area (TPSA) is 34.0 Å². The van der Waals surface area contributed by atoms with Gasteiger partial charge in [-0.3, -0.25) is 4.79 Å². The van der Waals surface area contributed by atoms with Crippen LogP contribution in [0.1, 0.15) is 19.0 Å². The van der Waals surface area contributed by atoms with Gasteiger partial charge >= 0.3 is 12.3 Å². The van der Waals surface area contributed by atoms with Crippen LogP contribution in [0.4, 0.5) is 17.6 Å². The van der Waals surface area contributed by atoms with Gasteiger partial charge in [0.2, 0.25) is 0 Å². The molecule has 1 aromatic rings. The van der Waals surface area contributed by atoms with E-state index in [1.165, 1.54) is 6.92 Å². The summed E-state index contributed by atoms with van der Waals surface area (Å²) in [5, 5.41) is 1.91. The lowest BCUT2D eigenvalue weighted by Gasteiger charge is -2.19. The molecule has 0 aliphatic carbocycles. The Morgan fingerprint density at radius 3 is 2.58 bits per heavy atom. The van der Waals surface area contributed by atoms with Crippen molar-refractivity contribution in [3.8, 4) is 0 Å². The average molecular weight is 280 g/mol. The van der Waals surface area contributed by atoms with Crippen LogP contribution in [0.2, 0.25) is 0 Å². The van der Waals surface area contributed by atoms with E-state index in [2.05, 4.69) is 0 Å². The monoisotopic (exact) mass is 280 g/mol. The van der Waals surface area contributed by atoms with E-state index in [0.29, 0.717) is 12.8 Å². The van der Waals surface area contributed by atoms with Gasteiger partial charge in [-0.25, -0.2) is 8.78 Å². The summed E-state index contributed by atoms with van der Waals surface area (Å²) in [6.45, 7) is 1.50. The molecule has 0 bridgehead atoms. The molecule has 0 radical (unpaired) electrons. The molecule has 0 aromatic carbocycles. The zero-order valence-electron chi connectivity index (χ0n) is 10.7. The number of aromatic nitrogens is 1. The minimum atomic E-state index is -4.64. The first-order valence-corrected chi connectivity index (χ1v) is 5.82. The number of carbonyl (C=O) groups is 1. The van der Waals surface area contributed by atoms with Crippen LogP contribution < -0.4 is 5.32 Å². The van der Waals surface area contributed by atoms with E-state index >= 15 is 0 Å². The lowest BCUT2D eigenvalue weighted by Crippen LogP contribution is -2.48. The number of nitrogens with one attached hydrogen (secondary N) is 1. The minimum Gasteiger partial charge on any atom is -0.354 e. The van der Waals surface area contributed by atoms with Gasteiger partial charge in [0.05, 0.1) is 0 Å². The Bertz CT molecular complexity index is 431. The normalized spacial score (nSPS) is 13.6. The molecule has 1 heterocycles. The van der Waals surface area contributed by atoms with E-state index in [4.69, 9.17) is 0 Å². The Hall–Kier alpha value is -1.53. The van der Waals surface area contributed by atoms with Crippen LogP contribution in [0.15, 0.2) is 18.3 Å². The highest BCUT2D eigenvalue weighted by Gasteiger charge is 2.49. The van der Waals surface area contributed by atoms with E-state index in [0.717, 1.165) is 5.69 Å². The Morgan fingerprint density at radius 1 is 1.47 bits per heavy atom. The summed E-state index contributed by atoms with van der Waals surface area (Å²) in [4.78, 5) is 11.0. The van der Waals surface area contributed by atoms with Gasteiger partial charge in [0.1, 0.15) is 0 Å². The molecule has 1 rings (SSSR count). The number of hydrogen-bond acceptors (Lipinski definition) is 1. The summed E-state index contributed by atoms with van der Waals surface area (Å²) in [7, 11) is 1.84. The summed E-state index contributed by atoms with van der Waals surface area (Å²) >= 11 is 0. The molecule has 0 saturated heterocycles. The number of nitrogens with zero attached hydrogens (tertiary/aromatic N) is 1. The Morgan fingerprint density at radius 2 is 2.11 bits per heavy atom. The maximum Gasteiger partial charge on any atom is 0.383 e. The molecule has 0 spiro atoms. The predicted octanol–water partition coefficient (Wildman–Crippen LogP) is 2.36. The van der Waals surface area contributed by atoms with Crippen LogP contribution in [0.25, 0.3) is 0 Å². The van der Waals surface area contributed by atoms with Crippen LogP contribution >= 0.6 is 0 Å². The third kappa shape index (κ3) is 3.97. The molecule has 0 aliphatic rings. The van der Waals surface area contributed by atoms with Crippen molar-refractivity contribution in [1.82, 2.24) is 9.88 Å². The summed E-state index contributed by atoms with van der Waals surface area (Å²) in [6.07, 6.45) is -1.20. The highest BCUT2D eigenvalue weighted by molar-refractivity contribution is 5.84. The summed E-state index contributed by atoms with van der Waals surface area (Å²) in [5.74, 6) is -6.57. The molecule has 3 nitrogen and oxygen atoms in total. The van der Waals surface area contributed by atoms with Crippen molar-refractivity contribution in [3.63, 3.8) is 0 Å². The largest absolute Gasteiger partial charge is 0.383 e. The second kappa shape index (κ2) is 6.08. The molecule has 0 saturated carbocycles. The zero-order chi connectivity index (χ0) is 14.6. The molecular formula is C12H16F4N2O. The van der Waals surface area contributed by atoms with Crippen molar-refractivity contribution in [2.24, 2.45) is 7.05 Å². The molecule has 1 atom stereocenters. The van der Waals surface area contributed by atoms with Gasteiger partial charge in [-0.2, -0.15) is 8.78 Å². The van der Waals surface area contributed by atoms with E-state index in [-0.39, 0.29) is 0 Å². The standard InChI is InChI=1S/C12H16F4N2O/c1-8(5-6-9-4-3-7-18(9)2)17-11(19)12(15,16)10(13)14/h3-4,7-8,10H,5-6H2,1-2H3,(H,17,19)/t8-/m0/s1. The Balaban J connectivity index is 2.46. The van der Waals surface area contributed by atoms with Gasteiger partial charge in [-0.05, 0) is 31.9 Å². The molecule has 7 heteroatoms. The third-order valence-corrected chi connectivity index (χ3v) is 2.84. The van der Waals surface area contributed by atoms with Gasteiger partial charge < -0.3 is 9.88 Å². The number of amides is 1. The number of halogens is 4. The zero-order valence-corrected chi connectivity index (χ0v) is 10.7. The van der Waals surface area contributed by atoms with Crippen molar-refractivity contribution in [2.45, 2.75) is 38.2 Å². The van der Waals surface area contributed by atoms with Crippen molar-refractivity contribution >= 4 is 5.91 Å². The van der Waals surface area contributed by atoms with E-state index in [1.807, 2.05) is 35.3 Å². The highest BCUT2D eigenvalue weighted by Crippen LogP contribution is 2.23. The number of alkyl halides is 4. The van der Waals surface area contributed by atoms with Crippen molar-refractivity contribution in [1.29, 1.82) is 0 Å². The van der Waals surface area contributed by atoms with Gasteiger partial charge in [0.25, 0.3) is 5.91 Å². The fourth-order valence-electron chi connectivity index (χ4n) is 1.61. The van der Waals surface area contributed by atoms with Crippen LogP contribution in [0.3, 0.4) is 0 Å². The molecule has 0 fully saturated rings. The van der Waals surface area contributed by atoms with Gasteiger partial charge in [-0.15, -0.1) is 0 Å². The lowest BCUT2D eigenvalue weighted by atomic mass is 10.1. The van der Waals surface area contributed by atoms with Crippen LogP contribution in [-0.4, -0.2) is 28.9 Å². The van der Waals surface area contributed by atoms with Crippen molar-refractivity contribution in [2.75, 3.05) is 0 Å². The molecule has 0 aliphatic heterocycles. The van der Waals surface area contributed by atoms with Gasteiger partial charge in [0, 0.05) is 25.0 Å². The summed E-state index contributed by atoms with van der Waals surface area (Å²) < 4.78 is 51.2. The Labute approximate surface area is 108 Å². The van der Waals surface area contributed by atoms with Crippen molar-refractivity contribution in [3.05, 3.63) is 24.0 Å². The number of hydrogen-bond donors (Lipinski definition) is 1. The smallest absolute Gasteiger partial charge is 0.354 e. The predicted molar refractivity (Wildman–Crippen MR) is 62.3 cm³/mol. The molecule has 108 valence electrons. The van der Waals surface area contributed by atoms with E-state index in [9.17, 15) is 22.4 Å². The van der Waals surface area contributed by atoms with E-state index < -0.39 is 24.3 Å². The molecule has 19 heavy (non-hydrogen) atoms. The molecule has 1 N–H and O–H groups in total. The SMILES string of the molecule is C[C@@H](CCc1cccn1C)NC(=O)C(F)(F)C(F)F. The minimum absolute atomic E-state index is 0.392. The number of aryl methyl sites for hydroxylation is 2. The first-order valence-electron chi connectivity index (χ1n) is 5.82. The fraction of sp³-hybridized carbons (Fsp3) is 0.583. The highest BCUT2D eigenvalue weighted by atomic mass is 19.3. The van der Waals surface area contributed by atoms with Crippen LogP contribution in [0.5, 0.6) is 0 Å². The summed E-state index contributed by atoms with van der Waals surface area (Å²) in [6, 6.07) is 3.10. The average Bonchev–Trinajstić information content (AvgIpc) is 2.71. The maximum absolute atomic E-state index is 12.7. The molecule has 1 amide bonds. The van der Waals surface area contributed by atoms with Gasteiger partial charge in [-0.1, -0.05) is 0 Å². The summed E-state index contributed by atoms with van der Waals surface area (Å²) in [5.41, 5.74) is 0.974. The van der Waals surface area contributed by atoms with Crippen LogP contribution in [-0.2, 0) is 18.3 Å². The van der Waals surface area contributed by atoms with Crippen LogP contribution in [0, 0.1) is 0 Å². The molecular weight excluding hydrogens is 264 g/mol. The second-order valence-electron chi connectivity index (χ2n) is 4.45. The van der Waals surface area contributed by atoms with Crippen molar-refractivity contribution < 1.29 is 22.4 Å². The second-order valence-corrected chi connectivity index (χ2v) is 4.45. The third-order valence-electron chi connectivity index (χ3n) is 2.84. The number of carbonyl (C=O) groups excluding carboxylic acids is 1. The quantitative estimate of drug-likeness (QED) is 0.797. The Kier molecular flexibility index (Phi) is 4.97. The lowest BCUT2D eigenvalue weighted by molar-refractivity contribution is -0.170. The van der Waals surface area contributed by atoms with E-state index in [1.54, 1.807) is 0 Å². The first-order chi connectivity index (χ1) is 8.75. The molecule has 0 unspecified atom stereocenters. The molecule has 1 aromatic heterocycles. The number of rotatable bonds is 6. The fourth-order valence-corrected chi connectivity index (χ4v) is 1.61. The maximum atomic E-state index is 12.7. The first kappa shape index (κ1) is 15.5.